The van der Waals surface area contributed by atoms with Gasteiger partial charge in [-0.1, -0.05) is 24.3 Å². The van der Waals surface area contributed by atoms with E-state index in [-0.39, 0.29) is 30.2 Å². The van der Waals surface area contributed by atoms with E-state index in [1.165, 1.54) is 11.1 Å². The third-order valence-electron chi connectivity index (χ3n) is 5.13. The topological polar surface area (TPSA) is 72.9 Å². The number of rotatable bonds is 1. The number of nitrogens with one attached hydrogen (secondary N) is 1. The average molecular weight is 369 g/mol. The summed E-state index contributed by atoms with van der Waals surface area (Å²) in [4.78, 5) is 16.4. The third kappa shape index (κ3) is 2.70. The third-order valence-corrected chi connectivity index (χ3v) is 5.13. The van der Waals surface area contributed by atoms with Crippen LogP contribution in [0.2, 0.25) is 0 Å². The fourth-order valence-corrected chi connectivity index (χ4v) is 4.09. The molecule has 2 aliphatic heterocycles. The van der Waals surface area contributed by atoms with Crippen molar-refractivity contribution in [2.45, 2.75) is 31.2 Å². The first kappa shape index (κ1) is 18.8. The monoisotopic (exact) mass is 368 g/mol. The van der Waals surface area contributed by atoms with Crippen LogP contribution in [0.4, 0.5) is 0 Å². The molecule has 0 saturated carbocycles. The molecule has 1 amide bonds. The predicted octanol–water partition coefficient (Wildman–Crippen LogP) is 2.05. The molecule has 0 aliphatic carbocycles. The van der Waals surface area contributed by atoms with Crippen molar-refractivity contribution in [3.05, 3.63) is 53.1 Å². The first-order valence-electron chi connectivity index (χ1n) is 7.87. The first-order chi connectivity index (χ1) is 10.7. The van der Waals surface area contributed by atoms with Crippen LogP contribution in [0.15, 0.2) is 30.5 Å². The highest BCUT2D eigenvalue weighted by Gasteiger charge is 2.42. The molecule has 0 radical (unpaired) electrons. The summed E-state index contributed by atoms with van der Waals surface area (Å²) >= 11 is 0. The SMILES string of the molecule is Cl.Cl.NC(=O)c1cnc2n1CCc1ccccc1C21CCNCC1. The van der Waals surface area contributed by atoms with Crippen LogP contribution in [0.3, 0.4) is 0 Å². The number of piperidine rings is 1. The van der Waals surface area contributed by atoms with Crippen LogP contribution >= 0.6 is 24.8 Å². The van der Waals surface area contributed by atoms with Crippen molar-refractivity contribution >= 4 is 30.7 Å². The van der Waals surface area contributed by atoms with Gasteiger partial charge in [0, 0.05) is 6.54 Å². The molecular weight excluding hydrogens is 347 g/mol. The molecule has 1 saturated heterocycles. The summed E-state index contributed by atoms with van der Waals surface area (Å²) in [5.41, 5.74) is 8.71. The Morgan fingerprint density at radius 3 is 2.62 bits per heavy atom. The number of aromatic nitrogens is 2. The summed E-state index contributed by atoms with van der Waals surface area (Å²) in [6, 6.07) is 8.64. The Bertz CT molecular complexity index is 738. The number of benzene rings is 1. The lowest BCUT2D eigenvalue weighted by Gasteiger charge is -2.37. The zero-order chi connectivity index (χ0) is 15.2. The molecular formula is C17H22Cl2N4O. The number of hydrogen-bond donors (Lipinski definition) is 2. The van der Waals surface area contributed by atoms with Crippen molar-refractivity contribution in [3.63, 3.8) is 0 Å². The largest absolute Gasteiger partial charge is 0.364 e. The van der Waals surface area contributed by atoms with E-state index in [0.29, 0.717) is 5.69 Å². The van der Waals surface area contributed by atoms with E-state index in [1.54, 1.807) is 6.20 Å². The quantitative estimate of drug-likeness (QED) is 0.808. The smallest absolute Gasteiger partial charge is 0.266 e. The summed E-state index contributed by atoms with van der Waals surface area (Å²) in [6.45, 7) is 2.69. The van der Waals surface area contributed by atoms with Crippen LogP contribution in [0.25, 0.3) is 0 Å². The Hall–Kier alpha value is -1.56. The molecule has 0 atom stereocenters. The van der Waals surface area contributed by atoms with Crippen molar-refractivity contribution in [3.8, 4) is 0 Å². The maximum atomic E-state index is 11.7. The van der Waals surface area contributed by atoms with Crippen molar-refractivity contribution in [1.29, 1.82) is 0 Å². The molecule has 3 heterocycles. The molecule has 7 heteroatoms. The predicted molar refractivity (Wildman–Crippen MR) is 98.3 cm³/mol. The lowest BCUT2D eigenvalue weighted by molar-refractivity contribution is 0.0990. The van der Waals surface area contributed by atoms with Crippen LogP contribution in [-0.4, -0.2) is 28.5 Å². The van der Waals surface area contributed by atoms with Crippen LogP contribution in [0, 0.1) is 0 Å². The molecule has 2 aliphatic rings. The van der Waals surface area contributed by atoms with Gasteiger partial charge in [-0.15, -0.1) is 24.8 Å². The molecule has 5 nitrogen and oxygen atoms in total. The Morgan fingerprint density at radius 1 is 1.21 bits per heavy atom. The zero-order valence-corrected chi connectivity index (χ0v) is 15.0. The Balaban J connectivity index is 0.00000104. The van der Waals surface area contributed by atoms with Crippen LogP contribution < -0.4 is 11.1 Å². The number of aryl methyl sites for hydroxylation is 1. The summed E-state index contributed by atoms with van der Waals surface area (Å²) in [7, 11) is 0. The normalized spacial score (nSPS) is 17.7. The van der Waals surface area contributed by atoms with E-state index in [4.69, 9.17) is 5.73 Å². The second-order valence-corrected chi connectivity index (χ2v) is 6.22. The Morgan fingerprint density at radius 2 is 1.92 bits per heavy atom. The van der Waals surface area contributed by atoms with Gasteiger partial charge < -0.3 is 15.6 Å². The number of carbonyl (C=O) groups is 1. The summed E-state index contributed by atoms with van der Waals surface area (Å²) < 4.78 is 2.05. The average Bonchev–Trinajstić information content (AvgIpc) is 2.94. The van der Waals surface area contributed by atoms with Gasteiger partial charge in [0.1, 0.15) is 11.5 Å². The number of nitrogens with zero attached hydrogens (tertiary/aromatic N) is 2. The second kappa shape index (κ2) is 7.13. The van der Waals surface area contributed by atoms with Gasteiger partial charge in [-0.05, 0) is 43.5 Å². The molecule has 4 rings (SSSR count). The van der Waals surface area contributed by atoms with Gasteiger partial charge in [0.2, 0.25) is 0 Å². The van der Waals surface area contributed by atoms with Gasteiger partial charge in [-0.3, -0.25) is 4.79 Å². The standard InChI is InChI=1S/C17H20N4O.2ClH/c18-15(22)14-11-20-16-17(6-8-19-9-7-17)13-4-2-1-3-12(13)5-10-21(14)16;;/h1-4,11,19H,5-10H2,(H2,18,22);2*1H. The van der Waals surface area contributed by atoms with Crippen molar-refractivity contribution in [2.75, 3.05) is 13.1 Å². The van der Waals surface area contributed by atoms with Gasteiger partial charge in [0.25, 0.3) is 5.91 Å². The van der Waals surface area contributed by atoms with Gasteiger partial charge in [0.15, 0.2) is 0 Å². The van der Waals surface area contributed by atoms with Crippen LogP contribution in [0.1, 0.15) is 40.3 Å². The van der Waals surface area contributed by atoms with Crippen molar-refractivity contribution in [2.24, 2.45) is 5.73 Å². The minimum Gasteiger partial charge on any atom is -0.364 e. The van der Waals surface area contributed by atoms with E-state index >= 15 is 0 Å². The van der Waals surface area contributed by atoms with Gasteiger partial charge in [-0.25, -0.2) is 4.98 Å². The summed E-state index contributed by atoms with van der Waals surface area (Å²) in [5, 5.41) is 3.44. The number of fused-ring (bicyclic) bond motifs is 4. The van der Waals surface area contributed by atoms with Crippen molar-refractivity contribution < 1.29 is 4.79 Å². The maximum absolute atomic E-state index is 11.7. The number of amides is 1. The molecule has 130 valence electrons. The molecule has 1 aromatic heterocycles. The second-order valence-electron chi connectivity index (χ2n) is 6.22. The number of carbonyl (C=O) groups excluding carboxylic acids is 1. The lowest BCUT2D eigenvalue weighted by Crippen LogP contribution is -2.42. The van der Waals surface area contributed by atoms with E-state index in [1.807, 2.05) is 4.57 Å². The Labute approximate surface area is 153 Å². The highest BCUT2D eigenvalue weighted by molar-refractivity contribution is 5.91. The van der Waals surface area contributed by atoms with Gasteiger partial charge >= 0.3 is 0 Å². The van der Waals surface area contributed by atoms with Gasteiger partial charge in [0.05, 0.1) is 11.6 Å². The number of primary amides is 1. The number of imidazole rings is 1. The minimum atomic E-state index is -0.395. The van der Waals surface area contributed by atoms with Crippen LogP contribution in [0.5, 0.6) is 0 Å². The summed E-state index contributed by atoms with van der Waals surface area (Å²) in [6.07, 6.45) is 4.56. The molecule has 1 spiro atoms. The Kier molecular flexibility index (Phi) is 5.58. The van der Waals surface area contributed by atoms with E-state index in [9.17, 15) is 4.79 Å². The van der Waals surface area contributed by atoms with Crippen molar-refractivity contribution in [1.82, 2.24) is 14.9 Å². The van der Waals surface area contributed by atoms with E-state index < -0.39 is 5.91 Å². The van der Waals surface area contributed by atoms with E-state index in [0.717, 1.165) is 44.7 Å². The van der Waals surface area contributed by atoms with E-state index in [2.05, 4.69) is 34.6 Å². The first-order valence-corrected chi connectivity index (χ1v) is 7.87. The van der Waals surface area contributed by atoms with Gasteiger partial charge in [-0.2, -0.15) is 0 Å². The highest BCUT2D eigenvalue weighted by atomic mass is 35.5. The molecule has 3 N–H and O–H groups in total. The maximum Gasteiger partial charge on any atom is 0.266 e. The fourth-order valence-electron chi connectivity index (χ4n) is 4.09. The molecule has 1 fully saturated rings. The minimum absolute atomic E-state index is 0. The number of nitrogens with two attached hydrogens (primary N) is 1. The van der Waals surface area contributed by atoms with Crippen LogP contribution in [-0.2, 0) is 18.4 Å². The summed E-state index contributed by atoms with van der Waals surface area (Å²) in [5.74, 6) is 0.613. The zero-order valence-electron chi connectivity index (χ0n) is 13.3. The highest BCUT2D eigenvalue weighted by Crippen LogP contribution is 2.43. The lowest BCUT2D eigenvalue weighted by atomic mass is 9.71. The molecule has 24 heavy (non-hydrogen) atoms. The molecule has 1 aromatic carbocycles. The number of hydrogen-bond acceptors (Lipinski definition) is 3. The molecule has 2 aromatic rings. The fraction of sp³-hybridized carbons (Fsp3) is 0.412. The molecule has 0 unspecified atom stereocenters. The number of halogens is 2. The molecule has 0 bridgehead atoms.